The summed E-state index contributed by atoms with van der Waals surface area (Å²) in [6, 6.07) is 9.19. The molecule has 2 heterocycles. The molecule has 7 nitrogen and oxygen atoms in total. The molecule has 24 heavy (non-hydrogen) atoms. The molecular formula is C17H18N4O3. The van der Waals surface area contributed by atoms with Crippen LogP contribution in [-0.4, -0.2) is 42.4 Å². The summed E-state index contributed by atoms with van der Waals surface area (Å²) in [5, 5.41) is 5.61. The molecule has 7 heteroatoms. The van der Waals surface area contributed by atoms with Crippen LogP contribution in [0.3, 0.4) is 0 Å². The number of rotatable bonds is 4. The molecule has 0 unspecified atom stereocenters. The lowest BCUT2D eigenvalue weighted by molar-refractivity contribution is -0.114. The third kappa shape index (κ3) is 3.15. The second-order valence-electron chi connectivity index (χ2n) is 5.49. The minimum Gasteiger partial charge on any atom is -0.496 e. The van der Waals surface area contributed by atoms with Crippen molar-refractivity contribution < 1.29 is 14.3 Å². The first-order chi connectivity index (χ1) is 11.6. The summed E-state index contributed by atoms with van der Waals surface area (Å²) >= 11 is 0. The van der Waals surface area contributed by atoms with Crippen LogP contribution in [0.15, 0.2) is 36.5 Å². The van der Waals surface area contributed by atoms with Crippen LogP contribution in [0.5, 0.6) is 5.75 Å². The third-order valence-electron chi connectivity index (χ3n) is 3.77. The predicted molar refractivity (Wildman–Crippen MR) is 90.1 cm³/mol. The molecule has 2 amide bonds. The molecule has 0 atom stereocenters. The molecule has 0 radical (unpaired) electrons. The lowest BCUT2D eigenvalue weighted by atomic mass is 10.1. The van der Waals surface area contributed by atoms with E-state index in [0.717, 1.165) is 11.3 Å². The van der Waals surface area contributed by atoms with Crippen molar-refractivity contribution in [3.8, 4) is 5.75 Å². The number of nitrogens with zero attached hydrogens (tertiary/aromatic N) is 2. The van der Waals surface area contributed by atoms with Gasteiger partial charge in [0.1, 0.15) is 11.6 Å². The van der Waals surface area contributed by atoms with Gasteiger partial charge in [-0.15, -0.1) is 0 Å². The Bertz CT molecular complexity index is 791. The molecule has 3 rings (SSSR count). The number of amides is 2. The van der Waals surface area contributed by atoms with Crippen LogP contribution in [-0.2, 0) is 11.3 Å². The Morgan fingerprint density at radius 2 is 2.17 bits per heavy atom. The lowest BCUT2D eigenvalue weighted by Crippen LogP contribution is -2.30. The van der Waals surface area contributed by atoms with Gasteiger partial charge in [0.25, 0.3) is 5.91 Å². The third-order valence-corrected chi connectivity index (χ3v) is 3.77. The van der Waals surface area contributed by atoms with Gasteiger partial charge in [-0.25, -0.2) is 4.98 Å². The number of fused-ring (bicyclic) bond motifs is 1. The van der Waals surface area contributed by atoms with E-state index in [-0.39, 0.29) is 18.4 Å². The average Bonchev–Trinajstić information content (AvgIpc) is 2.60. The summed E-state index contributed by atoms with van der Waals surface area (Å²) in [4.78, 5) is 29.9. The molecule has 1 aliphatic rings. The first-order valence-corrected chi connectivity index (χ1v) is 7.49. The van der Waals surface area contributed by atoms with Gasteiger partial charge in [-0.1, -0.05) is 18.2 Å². The molecule has 0 fully saturated rings. The minimum absolute atomic E-state index is 0.156. The number of carbonyl (C=O) groups excluding carboxylic acids is 2. The van der Waals surface area contributed by atoms with E-state index in [0.29, 0.717) is 23.6 Å². The number of hydrogen-bond donors (Lipinski definition) is 2. The van der Waals surface area contributed by atoms with Crippen LogP contribution >= 0.6 is 0 Å². The first-order valence-electron chi connectivity index (χ1n) is 7.49. The van der Waals surface area contributed by atoms with Crippen molar-refractivity contribution >= 4 is 23.3 Å². The average molecular weight is 326 g/mol. The summed E-state index contributed by atoms with van der Waals surface area (Å²) < 4.78 is 5.31. The fourth-order valence-corrected chi connectivity index (χ4v) is 2.56. The van der Waals surface area contributed by atoms with Crippen molar-refractivity contribution in [3.05, 3.63) is 47.7 Å². The van der Waals surface area contributed by atoms with Gasteiger partial charge in [0.05, 0.1) is 24.9 Å². The molecule has 0 saturated carbocycles. The number of methoxy groups -OCH3 is 1. The molecular weight excluding hydrogens is 308 g/mol. The van der Waals surface area contributed by atoms with Crippen LogP contribution in [0.2, 0.25) is 0 Å². The van der Waals surface area contributed by atoms with E-state index < -0.39 is 0 Å². The molecule has 1 aliphatic heterocycles. The Morgan fingerprint density at radius 1 is 1.38 bits per heavy atom. The number of para-hydroxylation sites is 1. The number of anilines is 2. The van der Waals surface area contributed by atoms with Crippen LogP contribution in [0.1, 0.15) is 15.9 Å². The van der Waals surface area contributed by atoms with Crippen molar-refractivity contribution in [2.24, 2.45) is 0 Å². The van der Waals surface area contributed by atoms with Crippen LogP contribution < -0.4 is 15.4 Å². The number of pyridine rings is 1. The van der Waals surface area contributed by atoms with E-state index >= 15 is 0 Å². The Kier molecular flexibility index (Phi) is 4.33. The fourth-order valence-electron chi connectivity index (χ4n) is 2.56. The van der Waals surface area contributed by atoms with E-state index in [1.807, 2.05) is 24.3 Å². The molecule has 0 aliphatic carbocycles. The monoisotopic (exact) mass is 326 g/mol. The van der Waals surface area contributed by atoms with E-state index in [4.69, 9.17) is 4.74 Å². The maximum absolute atomic E-state index is 12.6. The second-order valence-corrected chi connectivity index (χ2v) is 5.49. The van der Waals surface area contributed by atoms with Crippen molar-refractivity contribution in [2.75, 3.05) is 31.3 Å². The Balaban J connectivity index is 1.78. The lowest BCUT2D eigenvalue weighted by Gasteiger charge is -2.21. The van der Waals surface area contributed by atoms with E-state index in [1.54, 1.807) is 25.1 Å². The van der Waals surface area contributed by atoms with Gasteiger partial charge in [0.15, 0.2) is 0 Å². The quantitative estimate of drug-likeness (QED) is 0.894. The van der Waals surface area contributed by atoms with E-state index in [9.17, 15) is 9.59 Å². The zero-order valence-electron chi connectivity index (χ0n) is 13.5. The number of carbonyl (C=O) groups is 2. The highest BCUT2D eigenvalue weighted by atomic mass is 16.5. The maximum Gasteiger partial charge on any atom is 0.255 e. The Morgan fingerprint density at radius 3 is 2.96 bits per heavy atom. The standard InChI is InChI=1S/C17H18N4O3/c1-21(10-11-5-3-4-6-14(11)24-2)17(23)12-7-13-16(18-8-12)19-9-15(22)20-13/h3-8H,9-10H2,1-2H3,(H,18,19)(H,20,22). The molecule has 124 valence electrons. The van der Waals surface area contributed by atoms with Crippen LogP contribution in [0.4, 0.5) is 11.5 Å². The number of hydrogen-bond acceptors (Lipinski definition) is 5. The van der Waals surface area contributed by atoms with Crippen molar-refractivity contribution in [1.29, 1.82) is 0 Å². The number of ether oxygens (including phenoxy) is 1. The molecule has 2 aromatic rings. The van der Waals surface area contributed by atoms with Gasteiger partial charge >= 0.3 is 0 Å². The summed E-state index contributed by atoms with van der Waals surface area (Å²) in [5.74, 6) is 0.961. The molecule has 2 N–H and O–H groups in total. The largest absolute Gasteiger partial charge is 0.496 e. The predicted octanol–water partition coefficient (Wildman–Crippen LogP) is 1.73. The van der Waals surface area contributed by atoms with Crippen LogP contribution in [0, 0.1) is 0 Å². The van der Waals surface area contributed by atoms with Crippen molar-refractivity contribution in [3.63, 3.8) is 0 Å². The smallest absolute Gasteiger partial charge is 0.255 e. The molecule has 1 aromatic heterocycles. The highest BCUT2D eigenvalue weighted by Crippen LogP contribution is 2.24. The zero-order valence-corrected chi connectivity index (χ0v) is 13.5. The van der Waals surface area contributed by atoms with Crippen molar-refractivity contribution in [2.45, 2.75) is 6.54 Å². The highest BCUT2D eigenvalue weighted by Gasteiger charge is 2.19. The van der Waals surface area contributed by atoms with E-state index in [1.165, 1.54) is 6.20 Å². The SMILES string of the molecule is COc1ccccc1CN(C)C(=O)c1cnc2c(c1)NC(=O)CN2. The number of aromatic nitrogens is 1. The highest BCUT2D eigenvalue weighted by molar-refractivity contribution is 6.02. The number of nitrogens with one attached hydrogen (secondary N) is 2. The van der Waals surface area contributed by atoms with Gasteiger partial charge in [0.2, 0.25) is 5.91 Å². The van der Waals surface area contributed by atoms with Gasteiger partial charge in [0, 0.05) is 25.4 Å². The second kappa shape index (κ2) is 6.57. The van der Waals surface area contributed by atoms with E-state index in [2.05, 4.69) is 15.6 Å². The molecule has 0 saturated heterocycles. The van der Waals surface area contributed by atoms with Gasteiger partial charge < -0.3 is 20.3 Å². The molecule has 0 spiro atoms. The maximum atomic E-state index is 12.6. The summed E-state index contributed by atoms with van der Waals surface area (Å²) in [7, 11) is 3.31. The topological polar surface area (TPSA) is 83.6 Å². The summed E-state index contributed by atoms with van der Waals surface area (Å²) in [6.45, 7) is 0.589. The normalized spacial score (nSPS) is 12.7. The molecule has 1 aromatic carbocycles. The minimum atomic E-state index is -0.184. The Labute approximate surface area is 139 Å². The summed E-state index contributed by atoms with van der Waals surface area (Å²) in [5.41, 5.74) is 1.84. The van der Waals surface area contributed by atoms with Gasteiger partial charge in [-0.2, -0.15) is 0 Å². The molecule has 0 bridgehead atoms. The summed E-state index contributed by atoms with van der Waals surface area (Å²) in [6.07, 6.45) is 1.50. The van der Waals surface area contributed by atoms with Crippen molar-refractivity contribution in [1.82, 2.24) is 9.88 Å². The first kappa shape index (κ1) is 15.8. The van der Waals surface area contributed by atoms with Gasteiger partial charge in [-0.3, -0.25) is 9.59 Å². The number of benzene rings is 1. The Hall–Kier alpha value is -3.09. The zero-order chi connectivity index (χ0) is 17.1. The fraction of sp³-hybridized carbons (Fsp3) is 0.235. The van der Waals surface area contributed by atoms with Gasteiger partial charge in [-0.05, 0) is 12.1 Å². The van der Waals surface area contributed by atoms with Crippen LogP contribution in [0.25, 0.3) is 0 Å².